The van der Waals surface area contributed by atoms with Gasteiger partial charge < -0.3 is 5.32 Å². The van der Waals surface area contributed by atoms with E-state index in [-0.39, 0.29) is 5.82 Å². The van der Waals surface area contributed by atoms with E-state index >= 15 is 0 Å². The number of thiazole rings is 1. The van der Waals surface area contributed by atoms with E-state index in [2.05, 4.69) is 22.6 Å². The SMILES string of the molecule is CCCNC(Cc1csc(C)n1)Cc1cc(F)ccc1C. The monoisotopic (exact) mass is 306 g/mol. The Labute approximate surface area is 130 Å². The first kappa shape index (κ1) is 16.1. The van der Waals surface area contributed by atoms with Crippen molar-refractivity contribution in [2.45, 2.75) is 46.1 Å². The molecule has 1 aromatic carbocycles. The third kappa shape index (κ3) is 4.90. The summed E-state index contributed by atoms with van der Waals surface area (Å²) in [4.78, 5) is 4.54. The zero-order valence-corrected chi connectivity index (χ0v) is 13.8. The van der Waals surface area contributed by atoms with Crippen molar-refractivity contribution in [3.63, 3.8) is 0 Å². The molecule has 1 aromatic heterocycles. The molecule has 0 saturated heterocycles. The lowest BCUT2D eigenvalue weighted by Crippen LogP contribution is -2.34. The molecule has 114 valence electrons. The number of nitrogens with one attached hydrogen (secondary N) is 1. The fraction of sp³-hybridized carbons (Fsp3) is 0.471. The van der Waals surface area contributed by atoms with Gasteiger partial charge in [0.15, 0.2) is 0 Å². The summed E-state index contributed by atoms with van der Waals surface area (Å²) in [6.45, 7) is 7.20. The minimum absolute atomic E-state index is 0.158. The number of benzene rings is 1. The van der Waals surface area contributed by atoms with Crippen molar-refractivity contribution in [3.8, 4) is 0 Å². The van der Waals surface area contributed by atoms with Crippen LogP contribution in [0, 0.1) is 19.7 Å². The van der Waals surface area contributed by atoms with E-state index in [1.807, 2.05) is 19.9 Å². The first-order valence-corrected chi connectivity index (χ1v) is 8.36. The lowest BCUT2D eigenvalue weighted by molar-refractivity contribution is 0.499. The number of hydrogen-bond donors (Lipinski definition) is 1. The van der Waals surface area contributed by atoms with E-state index < -0.39 is 0 Å². The minimum Gasteiger partial charge on any atom is -0.313 e. The topological polar surface area (TPSA) is 24.9 Å². The standard InChI is InChI=1S/C17H23FN2S/c1-4-7-19-16(10-17-11-21-13(3)20-17)9-14-8-15(18)6-5-12(14)2/h5-6,8,11,16,19H,4,7,9-10H2,1-3H3. The summed E-state index contributed by atoms with van der Waals surface area (Å²) in [6, 6.07) is 5.33. The average molecular weight is 306 g/mol. The largest absolute Gasteiger partial charge is 0.313 e. The molecule has 1 unspecified atom stereocenters. The van der Waals surface area contributed by atoms with E-state index in [0.717, 1.165) is 47.6 Å². The smallest absolute Gasteiger partial charge is 0.123 e. The molecular formula is C17H23FN2S. The van der Waals surface area contributed by atoms with E-state index in [0.29, 0.717) is 6.04 Å². The normalized spacial score (nSPS) is 12.6. The molecule has 0 radical (unpaired) electrons. The van der Waals surface area contributed by atoms with Crippen LogP contribution in [-0.4, -0.2) is 17.6 Å². The average Bonchev–Trinajstić information content (AvgIpc) is 2.85. The zero-order valence-electron chi connectivity index (χ0n) is 12.9. The van der Waals surface area contributed by atoms with E-state index in [9.17, 15) is 4.39 Å². The fourth-order valence-corrected chi connectivity index (χ4v) is 3.07. The van der Waals surface area contributed by atoms with Crippen LogP contribution in [0.4, 0.5) is 4.39 Å². The molecule has 1 atom stereocenters. The van der Waals surface area contributed by atoms with E-state index in [1.54, 1.807) is 17.4 Å². The van der Waals surface area contributed by atoms with Gasteiger partial charge in [0.2, 0.25) is 0 Å². The van der Waals surface area contributed by atoms with Crippen LogP contribution < -0.4 is 5.32 Å². The molecule has 0 amide bonds. The van der Waals surface area contributed by atoms with Gasteiger partial charge in [-0.2, -0.15) is 0 Å². The number of aromatic nitrogens is 1. The summed E-state index contributed by atoms with van der Waals surface area (Å²) in [7, 11) is 0. The molecule has 4 heteroatoms. The van der Waals surface area contributed by atoms with Gasteiger partial charge in [0.25, 0.3) is 0 Å². The van der Waals surface area contributed by atoms with Crippen LogP contribution in [0.3, 0.4) is 0 Å². The van der Waals surface area contributed by atoms with Crippen LogP contribution in [0.15, 0.2) is 23.6 Å². The van der Waals surface area contributed by atoms with Crippen LogP contribution in [0.2, 0.25) is 0 Å². The molecule has 0 aliphatic carbocycles. The maximum Gasteiger partial charge on any atom is 0.123 e. The minimum atomic E-state index is -0.158. The lowest BCUT2D eigenvalue weighted by atomic mass is 9.98. The summed E-state index contributed by atoms with van der Waals surface area (Å²) in [5.74, 6) is -0.158. The number of rotatable bonds is 7. The van der Waals surface area contributed by atoms with E-state index in [1.165, 1.54) is 6.07 Å². The highest BCUT2D eigenvalue weighted by Gasteiger charge is 2.13. The van der Waals surface area contributed by atoms with Crippen molar-refractivity contribution in [1.82, 2.24) is 10.3 Å². The predicted octanol–water partition coefficient (Wildman–Crippen LogP) is 4.05. The summed E-state index contributed by atoms with van der Waals surface area (Å²) < 4.78 is 13.4. The van der Waals surface area contributed by atoms with Gasteiger partial charge in [0, 0.05) is 17.8 Å². The summed E-state index contributed by atoms with van der Waals surface area (Å²) in [5, 5.41) is 6.78. The molecule has 0 aliphatic heterocycles. The van der Waals surface area contributed by atoms with Gasteiger partial charge in [-0.05, 0) is 56.5 Å². The van der Waals surface area contributed by atoms with Crippen LogP contribution in [-0.2, 0) is 12.8 Å². The Morgan fingerprint density at radius 3 is 2.76 bits per heavy atom. The molecule has 2 nitrogen and oxygen atoms in total. The molecule has 0 bridgehead atoms. The second-order valence-corrected chi connectivity index (χ2v) is 6.55. The maximum absolute atomic E-state index is 13.4. The Morgan fingerprint density at radius 1 is 1.29 bits per heavy atom. The summed E-state index contributed by atoms with van der Waals surface area (Å²) in [5.41, 5.74) is 3.35. The van der Waals surface area contributed by atoms with Gasteiger partial charge in [0.05, 0.1) is 10.7 Å². The molecular weight excluding hydrogens is 283 g/mol. The Kier molecular flexibility index (Phi) is 5.88. The number of halogens is 1. The Balaban J connectivity index is 2.09. The van der Waals surface area contributed by atoms with Crippen LogP contribution in [0.1, 0.15) is 35.2 Å². The Hall–Kier alpha value is -1.26. The lowest BCUT2D eigenvalue weighted by Gasteiger charge is -2.19. The molecule has 0 saturated carbocycles. The van der Waals surface area contributed by atoms with Crippen LogP contribution >= 0.6 is 11.3 Å². The molecule has 1 heterocycles. The Bertz CT molecular complexity index is 580. The van der Waals surface area contributed by atoms with Gasteiger partial charge in [-0.1, -0.05) is 13.0 Å². The highest BCUT2D eigenvalue weighted by atomic mass is 32.1. The second-order valence-electron chi connectivity index (χ2n) is 5.49. The first-order valence-electron chi connectivity index (χ1n) is 7.48. The van der Waals surface area contributed by atoms with Crippen LogP contribution in [0.5, 0.6) is 0 Å². The van der Waals surface area contributed by atoms with Crippen LogP contribution in [0.25, 0.3) is 0 Å². The quantitative estimate of drug-likeness (QED) is 0.834. The van der Waals surface area contributed by atoms with Crippen molar-refractivity contribution in [2.75, 3.05) is 6.54 Å². The van der Waals surface area contributed by atoms with Crippen molar-refractivity contribution in [2.24, 2.45) is 0 Å². The number of nitrogens with zero attached hydrogens (tertiary/aromatic N) is 1. The van der Waals surface area contributed by atoms with Gasteiger partial charge in [-0.25, -0.2) is 9.37 Å². The fourth-order valence-electron chi connectivity index (χ4n) is 2.44. The van der Waals surface area contributed by atoms with Crippen molar-refractivity contribution < 1.29 is 4.39 Å². The zero-order chi connectivity index (χ0) is 15.2. The maximum atomic E-state index is 13.4. The third-order valence-electron chi connectivity index (χ3n) is 3.58. The van der Waals surface area contributed by atoms with Gasteiger partial charge >= 0.3 is 0 Å². The molecule has 0 spiro atoms. The highest BCUT2D eigenvalue weighted by Crippen LogP contribution is 2.16. The second kappa shape index (κ2) is 7.66. The van der Waals surface area contributed by atoms with Crippen molar-refractivity contribution in [1.29, 1.82) is 0 Å². The van der Waals surface area contributed by atoms with Crippen molar-refractivity contribution >= 4 is 11.3 Å². The number of hydrogen-bond acceptors (Lipinski definition) is 3. The third-order valence-corrected chi connectivity index (χ3v) is 4.40. The molecule has 2 rings (SSSR count). The van der Waals surface area contributed by atoms with Crippen molar-refractivity contribution in [3.05, 3.63) is 51.2 Å². The first-order chi connectivity index (χ1) is 10.1. The molecule has 2 aromatic rings. The highest BCUT2D eigenvalue weighted by molar-refractivity contribution is 7.09. The van der Waals surface area contributed by atoms with E-state index in [4.69, 9.17) is 0 Å². The molecule has 0 fully saturated rings. The molecule has 0 aliphatic rings. The molecule has 21 heavy (non-hydrogen) atoms. The van der Waals surface area contributed by atoms with Gasteiger partial charge in [0.1, 0.15) is 5.82 Å². The number of aryl methyl sites for hydroxylation is 2. The predicted molar refractivity (Wildman–Crippen MR) is 87.5 cm³/mol. The van der Waals surface area contributed by atoms with Gasteiger partial charge in [-0.15, -0.1) is 11.3 Å². The Morgan fingerprint density at radius 2 is 2.10 bits per heavy atom. The molecule has 1 N–H and O–H groups in total. The van der Waals surface area contributed by atoms with Gasteiger partial charge in [-0.3, -0.25) is 0 Å². The summed E-state index contributed by atoms with van der Waals surface area (Å²) in [6.07, 6.45) is 2.81. The summed E-state index contributed by atoms with van der Waals surface area (Å²) >= 11 is 1.68.